The zero-order valence-electron chi connectivity index (χ0n) is 12.7. The lowest BCUT2D eigenvalue weighted by Gasteiger charge is -2.19. The first-order chi connectivity index (χ1) is 9.97. The van der Waals surface area contributed by atoms with Crippen LogP contribution < -0.4 is 10.1 Å². The Bertz CT molecular complexity index is 508. The van der Waals surface area contributed by atoms with Crippen molar-refractivity contribution in [3.8, 4) is 5.75 Å². The molecule has 1 fully saturated rings. The van der Waals surface area contributed by atoms with E-state index in [0.29, 0.717) is 17.4 Å². The lowest BCUT2D eigenvalue weighted by molar-refractivity contribution is 0.219. The van der Waals surface area contributed by atoms with Gasteiger partial charge in [-0.15, -0.1) is 0 Å². The third kappa shape index (κ3) is 4.32. The number of rotatable bonds is 4. The smallest absolute Gasteiger partial charge is 0.321 e. The van der Waals surface area contributed by atoms with Crippen molar-refractivity contribution in [2.45, 2.75) is 6.42 Å². The van der Waals surface area contributed by atoms with E-state index in [1.54, 1.807) is 11.0 Å². The topological polar surface area (TPSA) is 44.8 Å². The normalized spacial score (nSPS) is 18.1. The summed E-state index contributed by atoms with van der Waals surface area (Å²) < 4.78 is 18.4. The van der Waals surface area contributed by atoms with Gasteiger partial charge < -0.3 is 19.9 Å². The molecule has 1 N–H and O–H groups in total. The van der Waals surface area contributed by atoms with Crippen LogP contribution in [0.3, 0.4) is 0 Å². The van der Waals surface area contributed by atoms with Crippen molar-refractivity contribution in [2.75, 3.05) is 46.2 Å². The minimum absolute atomic E-state index is 0.191. The average Bonchev–Trinajstić information content (AvgIpc) is 2.85. The SMILES string of the molecule is COc1cc(F)cc(NC(=O)N2CCC(CN(C)C)C2)c1. The Morgan fingerprint density at radius 1 is 1.48 bits per heavy atom. The van der Waals surface area contributed by atoms with Crippen molar-refractivity contribution in [3.63, 3.8) is 0 Å². The Kier molecular flexibility index (Phi) is 5.01. The number of nitrogens with one attached hydrogen (secondary N) is 1. The Morgan fingerprint density at radius 3 is 2.90 bits per heavy atom. The third-order valence-electron chi connectivity index (χ3n) is 3.55. The van der Waals surface area contributed by atoms with Gasteiger partial charge in [-0.25, -0.2) is 9.18 Å². The lowest BCUT2D eigenvalue weighted by Crippen LogP contribution is -2.34. The molecule has 1 aromatic rings. The first kappa shape index (κ1) is 15.6. The molecule has 5 nitrogen and oxygen atoms in total. The van der Waals surface area contributed by atoms with Crippen LogP contribution in [0.25, 0.3) is 0 Å². The summed E-state index contributed by atoms with van der Waals surface area (Å²) in [4.78, 5) is 16.1. The molecule has 0 aromatic heterocycles. The highest BCUT2D eigenvalue weighted by atomic mass is 19.1. The van der Waals surface area contributed by atoms with E-state index in [-0.39, 0.29) is 6.03 Å². The van der Waals surface area contributed by atoms with Gasteiger partial charge in [0.2, 0.25) is 0 Å². The van der Waals surface area contributed by atoms with Gasteiger partial charge in [-0.05, 0) is 32.5 Å². The summed E-state index contributed by atoms with van der Waals surface area (Å²) in [6.45, 7) is 2.44. The minimum atomic E-state index is -0.434. The highest BCUT2D eigenvalue weighted by molar-refractivity contribution is 5.89. The second kappa shape index (κ2) is 6.76. The number of ether oxygens (including phenoxy) is 1. The van der Waals surface area contributed by atoms with Gasteiger partial charge in [-0.3, -0.25) is 0 Å². The van der Waals surface area contributed by atoms with Crippen molar-refractivity contribution < 1.29 is 13.9 Å². The quantitative estimate of drug-likeness (QED) is 0.926. The van der Waals surface area contributed by atoms with E-state index in [4.69, 9.17) is 4.74 Å². The number of carbonyl (C=O) groups is 1. The molecule has 0 aliphatic carbocycles. The molecule has 1 saturated heterocycles. The van der Waals surface area contributed by atoms with Crippen LogP contribution in [0.15, 0.2) is 18.2 Å². The van der Waals surface area contributed by atoms with Crippen LogP contribution in [-0.2, 0) is 0 Å². The summed E-state index contributed by atoms with van der Waals surface area (Å²) in [6.07, 6.45) is 0.998. The predicted molar refractivity (Wildman–Crippen MR) is 80.2 cm³/mol. The van der Waals surface area contributed by atoms with Gasteiger partial charge in [0, 0.05) is 37.5 Å². The zero-order chi connectivity index (χ0) is 15.4. The fraction of sp³-hybridized carbons (Fsp3) is 0.533. The third-order valence-corrected chi connectivity index (χ3v) is 3.55. The number of hydrogen-bond acceptors (Lipinski definition) is 3. The Morgan fingerprint density at radius 2 is 2.24 bits per heavy atom. The van der Waals surface area contributed by atoms with Gasteiger partial charge in [0.1, 0.15) is 11.6 Å². The van der Waals surface area contributed by atoms with Crippen molar-refractivity contribution in [2.24, 2.45) is 5.92 Å². The molecule has 1 heterocycles. The van der Waals surface area contributed by atoms with Crippen LogP contribution in [0.1, 0.15) is 6.42 Å². The van der Waals surface area contributed by atoms with E-state index in [9.17, 15) is 9.18 Å². The maximum absolute atomic E-state index is 13.4. The van der Waals surface area contributed by atoms with Gasteiger partial charge in [0.05, 0.1) is 7.11 Å². The number of benzene rings is 1. The van der Waals surface area contributed by atoms with Crippen LogP contribution >= 0.6 is 0 Å². The molecule has 0 saturated carbocycles. The van der Waals surface area contributed by atoms with Crippen LogP contribution in [0.2, 0.25) is 0 Å². The van der Waals surface area contributed by atoms with Crippen LogP contribution in [0, 0.1) is 11.7 Å². The van der Waals surface area contributed by atoms with Crippen molar-refractivity contribution in [1.82, 2.24) is 9.80 Å². The molecule has 2 rings (SSSR count). The molecule has 1 aliphatic rings. The predicted octanol–water partition coefficient (Wildman–Crippen LogP) is 2.25. The molecule has 6 heteroatoms. The summed E-state index contributed by atoms with van der Waals surface area (Å²) >= 11 is 0. The maximum Gasteiger partial charge on any atom is 0.321 e. The second-order valence-corrected chi connectivity index (χ2v) is 5.67. The van der Waals surface area contributed by atoms with E-state index in [2.05, 4.69) is 10.2 Å². The maximum atomic E-state index is 13.4. The molecule has 116 valence electrons. The van der Waals surface area contributed by atoms with E-state index >= 15 is 0 Å². The summed E-state index contributed by atoms with van der Waals surface area (Å²) in [5.41, 5.74) is 0.410. The summed E-state index contributed by atoms with van der Waals surface area (Å²) in [5, 5.41) is 2.73. The second-order valence-electron chi connectivity index (χ2n) is 5.67. The number of hydrogen-bond donors (Lipinski definition) is 1. The van der Waals surface area contributed by atoms with Crippen molar-refractivity contribution >= 4 is 11.7 Å². The Hall–Kier alpha value is -1.82. The Balaban J connectivity index is 1.94. The number of carbonyl (C=O) groups excluding carboxylic acids is 1. The molecule has 0 spiro atoms. The summed E-state index contributed by atoms with van der Waals surface area (Å²) in [6, 6.07) is 3.98. The molecular weight excluding hydrogens is 273 g/mol. The average molecular weight is 295 g/mol. The summed E-state index contributed by atoms with van der Waals surface area (Å²) in [7, 11) is 5.52. The molecule has 1 unspecified atom stereocenters. The fourth-order valence-electron chi connectivity index (χ4n) is 2.64. The minimum Gasteiger partial charge on any atom is -0.497 e. The highest BCUT2D eigenvalue weighted by Gasteiger charge is 2.26. The molecule has 0 radical (unpaired) electrons. The Labute approximate surface area is 124 Å². The lowest BCUT2D eigenvalue weighted by atomic mass is 10.1. The number of urea groups is 1. The highest BCUT2D eigenvalue weighted by Crippen LogP contribution is 2.22. The first-order valence-corrected chi connectivity index (χ1v) is 7.03. The first-order valence-electron chi connectivity index (χ1n) is 7.03. The number of halogens is 1. The van der Waals surface area contributed by atoms with Gasteiger partial charge in [-0.2, -0.15) is 0 Å². The zero-order valence-corrected chi connectivity index (χ0v) is 12.7. The number of likely N-dealkylation sites (tertiary alicyclic amines) is 1. The van der Waals surface area contributed by atoms with Crippen molar-refractivity contribution in [1.29, 1.82) is 0 Å². The van der Waals surface area contributed by atoms with Gasteiger partial charge >= 0.3 is 6.03 Å². The number of nitrogens with zero attached hydrogens (tertiary/aromatic N) is 2. The number of methoxy groups -OCH3 is 1. The molecule has 21 heavy (non-hydrogen) atoms. The molecule has 1 aliphatic heterocycles. The van der Waals surface area contributed by atoms with Gasteiger partial charge in [-0.1, -0.05) is 0 Å². The summed E-state index contributed by atoms with van der Waals surface area (Å²) in [5.74, 6) is 0.446. The number of amides is 2. The van der Waals surface area contributed by atoms with E-state index in [1.807, 2.05) is 14.1 Å². The monoisotopic (exact) mass is 295 g/mol. The van der Waals surface area contributed by atoms with Gasteiger partial charge in [0.25, 0.3) is 0 Å². The molecular formula is C15H22FN3O2. The molecule has 1 atom stereocenters. The molecule has 1 aromatic carbocycles. The van der Waals surface area contributed by atoms with E-state index < -0.39 is 5.82 Å². The standard InChI is InChI=1S/C15H22FN3O2/c1-18(2)9-11-4-5-19(10-11)15(20)17-13-6-12(16)7-14(8-13)21-3/h6-8,11H,4-5,9-10H2,1-3H3,(H,17,20). The molecule has 0 bridgehead atoms. The number of anilines is 1. The van der Waals surface area contributed by atoms with E-state index in [1.165, 1.54) is 19.2 Å². The fourth-order valence-corrected chi connectivity index (χ4v) is 2.64. The van der Waals surface area contributed by atoms with E-state index in [0.717, 1.165) is 26.1 Å². The van der Waals surface area contributed by atoms with Crippen molar-refractivity contribution in [3.05, 3.63) is 24.0 Å². The van der Waals surface area contributed by atoms with Gasteiger partial charge in [0.15, 0.2) is 0 Å². The molecule has 2 amide bonds. The van der Waals surface area contributed by atoms with Crippen LogP contribution in [-0.4, -0.2) is 56.7 Å². The largest absolute Gasteiger partial charge is 0.497 e. The van der Waals surface area contributed by atoms with Crippen LogP contribution in [0.5, 0.6) is 5.75 Å². The van der Waals surface area contributed by atoms with Crippen LogP contribution in [0.4, 0.5) is 14.9 Å².